The van der Waals surface area contributed by atoms with Crippen molar-refractivity contribution in [2.45, 2.75) is 39.2 Å². The molecule has 0 atom stereocenters. The quantitative estimate of drug-likeness (QED) is 0.507. The lowest BCUT2D eigenvalue weighted by Crippen LogP contribution is -2.42. The highest BCUT2D eigenvalue weighted by Crippen LogP contribution is 2.15. The lowest BCUT2D eigenvalue weighted by molar-refractivity contribution is -0.143. The maximum absolute atomic E-state index is 11.2. The third-order valence-electron chi connectivity index (χ3n) is 4.14. The summed E-state index contributed by atoms with van der Waals surface area (Å²) in [6, 6.07) is 8.41. The number of benzene rings is 1. The van der Waals surface area contributed by atoms with Crippen molar-refractivity contribution in [3.05, 3.63) is 29.8 Å². The fraction of sp³-hybridized carbons (Fsp3) is 0.632. The first-order valence-corrected chi connectivity index (χ1v) is 9.08. The van der Waals surface area contributed by atoms with E-state index in [-0.39, 0.29) is 18.4 Å². The molecule has 0 unspecified atom stereocenters. The second kappa shape index (κ2) is 13.0. The number of esters is 1. The number of carbonyl (C=O) groups is 1. The van der Waals surface area contributed by atoms with Crippen molar-refractivity contribution in [1.82, 2.24) is 10.2 Å². The average Bonchev–Trinajstić information content (AvgIpc) is 2.60. The molecule has 1 aliphatic heterocycles. The van der Waals surface area contributed by atoms with Gasteiger partial charge in [0.15, 0.2) is 0 Å². The van der Waals surface area contributed by atoms with E-state index >= 15 is 0 Å². The summed E-state index contributed by atoms with van der Waals surface area (Å²) in [5.41, 5.74) is 1.33. The minimum atomic E-state index is -0.0986. The Hall–Kier alpha value is -1.30. The van der Waals surface area contributed by atoms with Gasteiger partial charge in [0.1, 0.15) is 5.75 Å². The van der Waals surface area contributed by atoms with Gasteiger partial charge in [0.05, 0.1) is 13.2 Å². The van der Waals surface area contributed by atoms with Gasteiger partial charge in [-0.3, -0.25) is 9.69 Å². The molecular weight excluding hydrogens is 340 g/mol. The van der Waals surface area contributed by atoms with E-state index in [4.69, 9.17) is 9.47 Å². The molecule has 142 valence electrons. The zero-order valence-electron chi connectivity index (χ0n) is 15.2. The molecule has 0 aromatic heterocycles. The fourth-order valence-electron chi connectivity index (χ4n) is 2.79. The standard InChI is InChI=1S/C19H30N2O3.ClH/c1-2-23-19(22)6-4-3-5-15-24-18-9-7-17(8-10-18)16-21-13-11-20-12-14-21;/h7-10,20H,2-6,11-16H2,1H3;1H. The molecule has 1 aromatic carbocycles. The molecule has 1 N–H and O–H groups in total. The molecule has 1 aromatic rings. The van der Waals surface area contributed by atoms with Crippen LogP contribution in [-0.4, -0.2) is 50.3 Å². The number of hydrogen-bond acceptors (Lipinski definition) is 5. The predicted molar refractivity (Wildman–Crippen MR) is 102 cm³/mol. The van der Waals surface area contributed by atoms with Crippen LogP contribution >= 0.6 is 12.4 Å². The number of halogens is 1. The van der Waals surface area contributed by atoms with E-state index in [1.54, 1.807) is 0 Å². The summed E-state index contributed by atoms with van der Waals surface area (Å²) < 4.78 is 10.7. The summed E-state index contributed by atoms with van der Waals surface area (Å²) in [5, 5.41) is 3.37. The second-order valence-electron chi connectivity index (χ2n) is 6.13. The monoisotopic (exact) mass is 370 g/mol. The number of hydrogen-bond donors (Lipinski definition) is 1. The van der Waals surface area contributed by atoms with Gasteiger partial charge < -0.3 is 14.8 Å². The highest BCUT2D eigenvalue weighted by atomic mass is 35.5. The van der Waals surface area contributed by atoms with Gasteiger partial charge in [-0.05, 0) is 43.9 Å². The summed E-state index contributed by atoms with van der Waals surface area (Å²) >= 11 is 0. The van der Waals surface area contributed by atoms with Crippen LogP contribution in [0.3, 0.4) is 0 Å². The van der Waals surface area contributed by atoms with Crippen LogP contribution in [0.25, 0.3) is 0 Å². The van der Waals surface area contributed by atoms with Gasteiger partial charge >= 0.3 is 5.97 Å². The molecule has 5 nitrogen and oxygen atoms in total. The fourth-order valence-corrected chi connectivity index (χ4v) is 2.79. The van der Waals surface area contributed by atoms with Crippen LogP contribution in [0.15, 0.2) is 24.3 Å². The van der Waals surface area contributed by atoms with E-state index in [0.717, 1.165) is 57.7 Å². The number of nitrogens with zero attached hydrogens (tertiary/aromatic N) is 1. The Bertz CT molecular complexity index is 476. The maximum Gasteiger partial charge on any atom is 0.305 e. The molecule has 0 amide bonds. The highest BCUT2D eigenvalue weighted by Gasteiger charge is 2.09. The Morgan fingerprint density at radius 2 is 1.84 bits per heavy atom. The number of nitrogens with one attached hydrogen (secondary N) is 1. The third-order valence-corrected chi connectivity index (χ3v) is 4.14. The van der Waals surface area contributed by atoms with Gasteiger partial charge in [0, 0.05) is 39.1 Å². The van der Waals surface area contributed by atoms with Crippen LogP contribution in [0.2, 0.25) is 0 Å². The lowest BCUT2D eigenvalue weighted by atomic mass is 10.2. The lowest BCUT2D eigenvalue weighted by Gasteiger charge is -2.27. The molecule has 0 aliphatic carbocycles. The van der Waals surface area contributed by atoms with Crippen LogP contribution in [-0.2, 0) is 16.1 Å². The second-order valence-corrected chi connectivity index (χ2v) is 6.13. The van der Waals surface area contributed by atoms with Crippen molar-refractivity contribution in [2.24, 2.45) is 0 Å². The molecule has 0 spiro atoms. The Balaban J connectivity index is 0.00000312. The number of carbonyl (C=O) groups excluding carboxylic acids is 1. The van der Waals surface area contributed by atoms with E-state index in [9.17, 15) is 4.79 Å². The first-order chi connectivity index (χ1) is 11.8. The van der Waals surface area contributed by atoms with Crippen LogP contribution < -0.4 is 10.1 Å². The summed E-state index contributed by atoms with van der Waals surface area (Å²) in [4.78, 5) is 13.7. The summed E-state index contributed by atoms with van der Waals surface area (Å²) in [5.74, 6) is 0.822. The maximum atomic E-state index is 11.2. The van der Waals surface area contributed by atoms with Gasteiger partial charge in [-0.15, -0.1) is 12.4 Å². The third kappa shape index (κ3) is 9.10. The van der Waals surface area contributed by atoms with Crippen molar-refractivity contribution in [3.63, 3.8) is 0 Å². The van der Waals surface area contributed by atoms with Crippen LogP contribution in [0.5, 0.6) is 5.75 Å². The van der Waals surface area contributed by atoms with Crippen molar-refractivity contribution in [2.75, 3.05) is 39.4 Å². The zero-order chi connectivity index (χ0) is 17.0. The average molecular weight is 371 g/mol. The topological polar surface area (TPSA) is 50.8 Å². The zero-order valence-corrected chi connectivity index (χ0v) is 16.0. The minimum absolute atomic E-state index is 0. The van der Waals surface area contributed by atoms with E-state index in [1.165, 1.54) is 5.56 Å². The van der Waals surface area contributed by atoms with E-state index in [2.05, 4.69) is 34.5 Å². The SMILES string of the molecule is CCOC(=O)CCCCCOc1ccc(CN2CCNCC2)cc1.Cl. The summed E-state index contributed by atoms with van der Waals surface area (Å²) in [6.07, 6.45) is 3.32. The molecule has 6 heteroatoms. The van der Waals surface area contributed by atoms with Crippen molar-refractivity contribution >= 4 is 18.4 Å². The number of rotatable bonds is 10. The van der Waals surface area contributed by atoms with E-state index in [0.29, 0.717) is 19.6 Å². The largest absolute Gasteiger partial charge is 0.494 e. The molecule has 0 saturated carbocycles. The molecule has 1 heterocycles. The van der Waals surface area contributed by atoms with Crippen LogP contribution in [0.1, 0.15) is 38.2 Å². The Morgan fingerprint density at radius 3 is 2.52 bits per heavy atom. The van der Waals surface area contributed by atoms with Crippen molar-refractivity contribution < 1.29 is 14.3 Å². The highest BCUT2D eigenvalue weighted by molar-refractivity contribution is 5.85. The van der Waals surface area contributed by atoms with Crippen LogP contribution in [0, 0.1) is 0 Å². The van der Waals surface area contributed by atoms with Gasteiger partial charge in [-0.25, -0.2) is 0 Å². The Labute approximate surface area is 157 Å². The van der Waals surface area contributed by atoms with E-state index < -0.39 is 0 Å². The van der Waals surface area contributed by atoms with Crippen molar-refractivity contribution in [3.8, 4) is 5.75 Å². The predicted octanol–water partition coefficient (Wildman–Crippen LogP) is 3.02. The first-order valence-electron chi connectivity index (χ1n) is 9.08. The van der Waals surface area contributed by atoms with Crippen LogP contribution in [0.4, 0.5) is 0 Å². The normalized spacial score (nSPS) is 14.6. The number of unbranched alkanes of at least 4 members (excludes halogenated alkanes) is 2. The molecule has 25 heavy (non-hydrogen) atoms. The smallest absolute Gasteiger partial charge is 0.305 e. The molecule has 0 radical (unpaired) electrons. The molecule has 1 aliphatic rings. The molecule has 1 saturated heterocycles. The van der Waals surface area contributed by atoms with Gasteiger partial charge in [-0.1, -0.05) is 12.1 Å². The van der Waals surface area contributed by atoms with Gasteiger partial charge in [0.25, 0.3) is 0 Å². The Kier molecular flexibility index (Phi) is 11.3. The Morgan fingerprint density at radius 1 is 1.12 bits per heavy atom. The minimum Gasteiger partial charge on any atom is -0.494 e. The van der Waals surface area contributed by atoms with Gasteiger partial charge in [0.2, 0.25) is 0 Å². The van der Waals surface area contributed by atoms with Crippen molar-refractivity contribution in [1.29, 1.82) is 0 Å². The van der Waals surface area contributed by atoms with E-state index in [1.807, 2.05) is 6.92 Å². The summed E-state index contributed by atoms with van der Waals surface area (Å²) in [6.45, 7) is 8.39. The number of piperazine rings is 1. The number of ether oxygens (including phenoxy) is 2. The molecule has 2 rings (SSSR count). The molecule has 1 fully saturated rings. The first kappa shape index (κ1) is 21.7. The molecular formula is C19H31ClN2O3. The van der Waals surface area contributed by atoms with Gasteiger partial charge in [-0.2, -0.15) is 0 Å². The summed E-state index contributed by atoms with van der Waals surface area (Å²) in [7, 11) is 0. The molecule has 0 bridgehead atoms.